The predicted octanol–water partition coefficient (Wildman–Crippen LogP) is 2.23. The first-order chi connectivity index (χ1) is 14.3. The van der Waals surface area contributed by atoms with Gasteiger partial charge in [0.1, 0.15) is 5.82 Å². The van der Waals surface area contributed by atoms with E-state index < -0.39 is 17.8 Å². The smallest absolute Gasteiger partial charge is 0.229 e. The maximum atomic E-state index is 14.6. The van der Waals surface area contributed by atoms with Gasteiger partial charge in [0.2, 0.25) is 17.7 Å². The Morgan fingerprint density at radius 1 is 1.20 bits per heavy atom. The molecule has 1 aromatic carbocycles. The second-order valence-electron chi connectivity index (χ2n) is 7.85. The Morgan fingerprint density at radius 2 is 2.00 bits per heavy atom. The van der Waals surface area contributed by atoms with E-state index in [1.807, 2.05) is 0 Å². The Labute approximate surface area is 173 Å². The summed E-state index contributed by atoms with van der Waals surface area (Å²) in [5.74, 6) is -1.45. The van der Waals surface area contributed by atoms with Crippen molar-refractivity contribution in [3.8, 4) is 0 Å². The molecule has 158 valence electrons. The molecule has 2 aromatic rings. The summed E-state index contributed by atoms with van der Waals surface area (Å²) in [5, 5.41) is 6.94. The average Bonchev–Trinajstić information content (AvgIpc) is 3.32. The number of anilines is 2. The summed E-state index contributed by atoms with van der Waals surface area (Å²) in [7, 11) is 3.46. The van der Waals surface area contributed by atoms with E-state index in [4.69, 9.17) is 0 Å². The molecule has 0 bridgehead atoms. The zero-order valence-electron chi connectivity index (χ0n) is 17.0. The molecule has 2 unspecified atom stereocenters. The molecule has 30 heavy (non-hydrogen) atoms. The van der Waals surface area contributed by atoms with E-state index in [0.717, 1.165) is 5.56 Å². The van der Waals surface area contributed by atoms with Gasteiger partial charge < -0.3 is 15.1 Å². The first kappa shape index (κ1) is 20.1. The lowest BCUT2D eigenvalue weighted by atomic mass is 9.85. The highest BCUT2D eigenvalue weighted by molar-refractivity contribution is 5.97. The molecule has 3 heterocycles. The second kappa shape index (κ2) is 7.89. The fourth-order valence-electron chi connectivity index (χ4n) is 4.30. The molecule has 2 fully saturated rings. The molecule has 2 aliphatic heterocycles. The third-order valence-corrected chi connectivity index (χ3v) is 5.84. The molecule has 2 atom stereocenters. The summed E-state index contributed by atoms with van der Waals surface area (Å²) in [4.78, 5) is 40.2. The van der Waals surface area contributed by atoms with Gasteiger partial charge in [0, 0.05) is 50.9 Å². The lowest BCUT2D eigenvalue weighted by Gasteiger charge is -2.37. The predicted molar refractivity (Wildman–Crippen MR) is 108 cm³/mol. The number of nitrogens with one attached hydrogen (secondary N) is 1. The minimum atomic E-state index is -0.553. The highest BCUT2D eigenvalue weighted by Crippen LogP contribution is 2.36. The van der Waals surface area contributed by atoms with E-state index in [2.05, 4.69) is 10.4 Å². The molecule has 3 amide bonds. The van der Waals surface area contributed by atoms with Crippen LogP contribution >= 0.6 is 0 Å². The minimum absolute atomic E-state index is 0.0291. The first-order valence-corrected chi connectivity index (χ1v) is 10.00. The topological polar surface area (TPSA) is 87.5 Å². The van der Waals surface area contributed by atoms with Gasteiger partial charge in [-0.2, -0.15) is 5.10 Å². The van der Waals surface area contributed by atoms with Gasteiger partial charge in [0.25, 0.3) is 0 Å². The van der Waals surface area contributed by atoms with Gasteiger partial charge in [-0.3, -0.25) is 19.1 Å². The van der Waals surface area contributed by atoms with Gasteiger partial charge in [-0.05, 0) is 31.0 Å². The number of aromatic nitrogens is 2. The number of carbonyl (C=O) groups is 3. The van der Waals surface area contributed by atoms with Crippen LogP contribution in [0.1, 0.15) is 37.3 Å². The van der Waals surface area contributed by atoms with Crippen LogP contribution < -0.4 is 10.2 Å². The molecule has 1 N–H and O–H groups in total. The van der Waals surface area contributed by atoms with Crippen LogP contribution in [0.4, 0.5) is 15.8 Å². The van der Waals surface area contributed by atoms with E-state index in [9.17, 15) is 18.8 Å². The van der Waals surface area contributed by atoms with Crippen LogP contribution in [-0.2, 0) is 21.4 Å². The number of rotatable bonds is 4. The number of benzene rings is 1. The highest BCUT2D eigenvalue weighted by Gasteiger charge is 2.39. The lowest BCUT2D eigenvalue weighted by Crippen LogP contribution is -2.44. The number of carbonyl (C=O) groups excluding carboxylic acids is 3. The van der Waals surface area contributed by atoms with E-state index in [1.165, 1.54) is 17.0 Å². The molecule has 8 nitrogen and oxygen atoms in total. The van der Waals surface area contributed by atoms with Crippen LogP contribution in [-0.4, -0.2) is 46.0 Å². The van der Waals surface area contributed by atoms with E-state index in [1.54, 1.807) is 42.1 Å². The van der Waals surface area contributed by atoms with Crippen molar-refractivity contribution < 1.29 is 18.8 Å². The number of likely N-dealkylation sites (tertiary alicyclic amines) is 1. The Kier molecular flexibility index (Phi) is 5.27. The minimum Gasteiger partial charge on any atom is -0.338 e. The molecule has 0 radical (unpaired) electrons. The zero-order chi connectivity index (χ0) is 21.4. The van der Waals surface area contributed by atoms with Crippen molar-refractivity contribution in [2.75, 3.05) is 23.8 Å². The Morgan fingerprint density at radius 3 is 2.63 bits per heavy atom. The standard InChI is InChI=1S/C21H24FN5O3/c1-25-12-13(11-23-25)20-15(6-8-18(28)26(20)2)21(30)24-14-5-7-17(16(22)10-14)27-9-3-4-19(27)29/h5,7,10-12,15,20H,3-4,6,8-9H2,1-2H3,(H,24,30). The monoisotopic (exact) mass is 413 g/mol. The fourth-order valence-corrected chi connectivity index (χ4v) is 4.30. The third kappa shape index (κ3) is 3.67. The molecular weight excluding hydrogens is 389 g/mol. The van der Waals surface area contributed by atoms with Crippen molar-refractivity contribution in [2.45, 2.75) is 31.7 Å². The summed E-state index contributed by atoms with van der Waals surface area (Å²) in [5.41, 5.74) is 1.33. The summed E-state index contributed by atoms with van der Waals surface area (Å²) in [6.07, 6.45) is 5.25. The van der Waals surface area contributed by atoms with Crippen LogP contribution in [0.5, 0.6) is 0 Å². The van der Waals surface area contributed by atoms with Crippen molar-refractivity contribution in [2.24, 2.45) is 13.0 Å². The van der Waals surface area contributed by atoms with E-state index >= 15 is 0 Å². The van der Waals surface area contributed by atoms with Gasteiger partial charge in [-0.25, -0.2) is 4.39 Å². The van der Waals surface area contributed by atoms with Crippen molar-refractivity contribution in [1.82, 2.24) is 14.7 Å². The largest absolute Gasteiger partial charge is 0.338 e. The third-order valence-electron chi connectivity index (χ3n) is 5.84. The molecule has 2 saturated heterocycles. The summed E-state index contributed by atoms with van der Waals surface area (Å²) in [6.45, 7) is 0.497. The number of hydrogen-bond donors (Lipinski definition) is 1. The number of nitrogens with zero attached hydrogens (tertiary/aromatic N) is 4. The molecule has 9 heteroatoms. The molecule has 2 aliphatic rings. The maximum Gasteiger partial charge on any atom is 0.229 e. The van der Waals surface area contributed by atoms with Crippen LogP contribution in [0.15, 0.2) is 30.6 Å². The van der Waals surface area contributed by atoms with Gasteiger partial charge in [-0.1, -0.05) is 0 Å². The summed E-state index contributed by atoms with van der Waals surface area (Å²) >= 11 is 0. The van der Waals surface area contributed by atoms with Crippen molar-refractivity contribution in [3.05, 3.63) is 42.0 Å². The molecule has 4 rings (SSSR count). The Balaban J connectivity index is 1.54. The summed E-state index contributed by atoms with van der Waals surface area (Å²) < 4.78 is 16.2. The second-order valence-corrected chi connectivity index (χ2v) is 7.85. The number of aryl methyl sites for hydroxylation is 1. The Bertz CT molecular complexity index is 1000. The first-order valence-electron chi connectivity index (χ1n) is 10.00. The van der Waals surface area contributed by atoms with E-state index in [-0.39, 0.29) is 29.8 Å². The molecular formula is C21H24FN5O3. The SMILES string of the molecule is CN1C(=O)CCC(C(=O)Nc2ccc(N3CCCC3=O)c(F)c2)C1c1cnn(C)c1. The van der Waals surface area contributed by atoms with E-state index in [0.29, 0.717) is 31.5 Å². The number of piperidine rings is 1. The van der Waals surface area contributed by atoms with Crippen molar-refractivity contribution >= 4 is 29.1 Å². The molecule has 1 aromatic heterocycles. The average molecular weight is 413 g/mol. The number of amides is 3. The maximum absolute atomic E-state index is 14.6. The Hall–Kier alpha value is -3.23. The van der Waals surface area contributed by atoms with Gasteiger partial charge in [-0.15, -0.1) is 0 Å². The normalized spacial score (nSPS) is 22.0. The molecule has 0 spiro atoms. The van der Waals surface area contributed by atoms with Crippen LogP contribution in [0.2, 0.25) is 0 Å². The number of halogens is 1. The molecule has 0 aliphatic carbocycles. The van der Waals surface area contributed by atoms with Crippen LogP contribution in [0, 0.1) is 11.7 Å². The van der Waals surface area contributed by atoms with Crippen LogP contribution in [0.3, 0.4) is 0 Å². The fraction of sp³-hybridized carbons (Fsp3) is 0.429. The highest BCUT2D eigenvalue weighted by atomic mass is 19.1. The van der Waals surface area contributed by atoms with Gasteiger partial charge in [0.15, 0.2) is 0 Å². The van der Waals surface area contributed by atoms with Gasteiger partial charge in [0.05, 0.1) is 23.8 Å². The van der Waals surface area contributed by atoms with Crippen molar-refractivity contribution in [1.29, 1.82) is 0 Å². The van der Waals surface area contributed by atoms with Gasteiger partial charge >= 0.3 is 0 Å². The quantitative estimate of drug-likeness (QED) is 0.833. The zero-order valence-corrected chi connectivity index (χ0v) is 17.0. The van der Waals surface area contributed by atoms with Crippen molar-refractivity contribution in [3.63, 3.8) is 0 Å². The number of hydrogen-bond acceptors (Lipinski definition) is 4. The summed E-state index contributed by atoms with van der Waals surface area (Å²) in [6, 6.07) is 3.91. The molecule has 0 saturated carbocycles. The lowest BCUT2D eigenvalue weighted by molar-refractivity contribution is -0.140. The van der Waals surface area contributed by atoms with Crippen LogP contribution in [0.25, 0.3) is 0 Å².